The van der Waals surface area contributed by atoms with Crippen molar-refractivity contribution in [3.05, 3.63) is 42.0 Å². The second-order valence-corrected chi connectivity index (χ2v) is 6.54. The van der Waals surface area contributed by atoms with Crippen molar-refractivity contribution in [1.82, 2.24) is 14.9 Å². The summed E-state index contributed by atoms with van der Waals surface area (Å²) in [7, 11) is 1.63. The van der Waals surface area contributed by atoms with Crippen molar-refractivity contribution in [2.45, 2.75) is 18.9 Å². The third-order valence-electron chi connectivity index (χ3n) is 4.88. The molecule has 8 nitrogen and oxygen atoms in total. The fourth-order valence-electron chi connectivity index (χ4n) is 3.41. The van der Waals surface area contributed by atoms with Gasteiger partial charge < -0.3 is 15.0 Å². The maximum absolute atomic E-state index is 6.20. The van der Waals surface area contributed by atoms with Crippen LogP contribution in [-0.4, -0.2) is 47.8 Å². The van der Waals surface area contributed by atoms with Crippen molar-refractivity contribution in [2.75, 3.05) is 20.3 Å². The largest absolute Gasteiger partial charge is 0.383 e. The highest BCUT2D eigenvalue weighted by molar-refractivity contribution is 6.06. The Morgan fingerprint density at radius 2 is 2.00 bits per heavy atom. The van der Waals surface area contributed by atoms with Gasteiger partial charge in [-0.1, -0.05) is 35.5 Å². The van der Waals surface area contributed by atoms with Gasteiger partial charge in [-0.3, -0.25) is 4.99 Å². The lowest BCUT2D eigenvalue weighted by atomic mass is 10.1. The number of aliphatic imine (C=N–C) groups is 2. The van der Waals surface area contributed by atoms with Crippen LogP contribution in [0, 0.1) is 0 Å². The molecule has 2 N–H and O–H groups in total. The molecule has 1 aliphatic rings. The lowest BCUT2D eigenvalue weighted by molar-refractivity contribution is 0.0668. The number of aromatic nitrogens is 3. The highest BCUT2D eigenvalue weighted by Gasteiger charge is 2.28. The van der Waals surface area contributed by atoms with Crippen molar-refractivity contribution in [3.63, 3.8) is 0 Å². The number of benzene rings is 1. The van der Waals surface area contributed by atoms with Crippen LogP contribution in [0.5, 0.6) is 0 Å². The first-order valence-electron chi connectivity index (χ1n) is 9.15. The van der Waals surface area contributed by atoms with Crippen LogP contribution >= 0.6 is 0 Å². The molecule has 0 bridgehead atoms. The van der Waals surface area contributed by atoms with Gasteiger partial charge in [-0.2, -0.15) is 5.10 Å². The summed E-state index contributed by atoms with van der Waals surface area (Å²) in [4.78, 5) is 8.36. The maximum Gasteiger partial charge on any atom is 0.167 e. The fourth-order valence-corrected chi connectivity index (χ4v) is 3.41. The molecule has 3 heterocycles. The quantitative estimate of drug-likeness (QED) is 0.542. The first-order chi connectivity index (χ1) is 13.7. The van der Waals surface area contributed by atoms with Gasteiger partial charge in [0.25, 0.3) is 0 Å². The highest BCUT2D eigenvalue weighted by Crippen LogP contribution is 2.36. The van der Waals surface area contributed by atoms with Crippen LogP contribution in [0.3, 0.4) is 0 Å². The predicted molar refractivity (Wildman–Crippen MR) is 108 cm³/mol. The highest BCUT2D eigenvalue weighted by atomic mass is 16.5. The van der Waals surface area contributed by atoms with E-state index in [1.807, 2.05) is 41.1 Å². The number of amidine groups is 1. The molecule has 0 radical (unpaired) electrons. The van der Waals surface area contributed by atoms with E-state index in [0.29, 0.717) is 47.6 Å². The lowest BCUT2D eigenvalue weighted by Gasteiger charge is -2.23. The number of hydrogen-bond donors (Lipinski definition) is 1. The first kappa shape index (κ1) is 18.1. The van der Waals surface area contributed by atoms with E-state index in [1.54, 1.807) is 7.05 Å². The summed E-state index contributed by atoms with van der Waals surface area (Å²) in [6.07, 6.45) is 1.70. The molecule has 1 saturated heterocycles. The minimum absolute atomic E-state index is 0.159. The summed E-state index contributed by atoms with van der Waals surface area (Å²) in [5.74, 6) is 1.58. The Morgan fingerprint density at radius 3 is 2.68 bits per heavy atom. The molecule has 0 aliphatic carbocycles. The van der Waals surface area contributed by atoms with Crippen LogP contribution in [0.2, 0.25) is 0 Å². The number of rotatable bonds is 5. The molecule has 0 atom stereocenters. The standard InChI is InChI=1S/C20H22N6O2/c1-22-19(21)17-18(15-12-16(28-25-15)13-6-4-3-5-7-13)24-26(20(17)23-2)14-8-10-27-11-9-14/h3-7,12,14H,2,8-11H2,1H3,(H2,21,22). The minimum atomic E-state index is 0.159. The van der Waals surface area contributed by atoms with Gasteiger partial charge in [0.15, 0.2) is 11.6 Å². The number of ether oxygens (including phenoxy) is 1. The minimum Gasteiger partial charge on any atom is -0.383 e. The maximum atomic E-state index is 6.20. The molecular weight excluding hydrogens is 356 g/mol. The van der Waals surface area contributed by atoms with Crippen LogP contribution in [-0.2, 0) is 4.74 Å². The smallest absolute Gasteiger partial charge is 0.167 e. The van der Waals surface area contributed by atoms with Gasteiger partial charge >= 0.3 is 0 Å². The average molecular weight is 378 g/mol. The third kappa shape index (κ3) is 3.22. The molecule has 0 saturated carbocycles. The van der Waals surface area contributed by atoms with Gasteiger partial charge in [-0.25, -0.2) is 9.67 Å². The Labute approximate surface area is 162 Å². The molecule has 0 unspecified atom stereocenters. The second kappa shape index (κ2) is 7.77. The van der Waals surface area contributed by atoms with E-state index in [4.69, 9.17) is 20.1 Å². The topological polar surface area (TPSA) is 104 Å². The van der Waals surface area contributed by atoms with Crippen molar-refractivity contribution in [2.24, 2.45) is 15.7 Å². The molecule has 2 aromatic heterocycles. The molecule has 0 amide bonds. The molecule has 28 heavy (non-hydrogen) atoms. The number of hydrogen-bond acceptors (Lipinski definition) is 6. The molecule has 4 rings (SSSR count). The van der Waals surface area contributed by atoms with Gasteiger partial charge in [-0.15, -0.1) is 0 Å². The molecule has 1 aromatic carbocycles. The molecule has 0 spiro atoms. The first-order valence-corrected chi connectivity index (χ1v) is 9.15. The van der Waals surface area contributed by atoms with E-state index < -0.39 is 0 Å². The Morgan fingerprint density at radius 1 is 1.25 bits per heavy atom. The number of nitrogens with zero attached hydrogens (tertiary/aromatic N) is 5. The Bertz CT molecular complexity index is 999. The van der Waals surface area contributed by atoms with Gasteiger partial charge in [0, 0.05) is 31.9 Å². The molecule has 1 aliphatic heterocycles. The van der Waals surface area contributed by atoms with E-state index in [1.165, 1.54) is 0 Å². The number of nitrogens with two attached hydrogens (primary N) is 1. The Balaban J connectivity index is 1.83. The normalized spacial score (nSPS) is 15.7. The zero-order valence-corrected chi connectivity index (χ0v) is 15.7. The van der Waals surface area contributed by atoms with Gasteiger partial charge in [-0.05, 0) is 19.6 Å². The summed E-state index contributed by atoms with van der Waals surface area (Å²) in [6.45, 7) is 5.10. The van der Waals surface area contributed by atoms with E-state index in [0.717, 1.165) is 18.4 Å². The van der Waals surface area contributed by atoms with E-state index in [9.17, 15) is 0 Å². The molecule has 1 fully saturated rings. The Hall–Kier alpha value is -3.26. The van der Waals surface area contributed by atoms with Gasteiger partial charge in [0.2, 0.25) is 0 Å². The monoisotopic (exact) mass is 378 g/mol. The lowest BCUT2D eigenvalue weighted by Crippen LogP contribution is -2.20. The summed E-state index contributed by atoms with van der Waals surface area (Å²) >= 11 is 0. The fraction of sp³-hybridized carbons (Fsp3) is 0.300. The predicted octanol–water partition coefficient (Wildman–Crippen LogP) is 3.22. The van der Waals surface area contributed by atoms with Crippen molar-refractivity contribution in [3.8, 4) is 22.7 Å². The van der Waals surface area contributed by atoms with Crippen molar-refractivity contribution in [1.29, 1.82) is 0 Å². The third-order valence-corrected chi connectivity index (χ3v) is 4.88. The van der Waals surface area contributed by atoms with Crippen LogP contribution in [0.15, 0.2) is 50.9 Å². The zero-order valence-electron chi connectivity index (χ0n) is 15.7. The van der Waals surface area contributed by atoms with E-state index in [-0.39, 0.29) is 6.04 Å². The average Bonchev–Trinajstić information content (AvgIpc) is 3.39. The van der Waals surface area contributed by atoms with Crippen molar-refractivity contribution < 1.29 is 9.26 Å². The van der Waals surface area contributed by atoms with E-state index in [2.05, 4.69) is 21.9 Å². The van der Waals surface area contributed by atoms with Crippen LogP contribution in [0.4, 0.5) is 5.82 Å². The van der Waals surface area contributed by atoms with E-state index >= 15 is 0 Å². The summed E-state index contributed by atoms with van der Waals surface area (Å²) in [5.41, 5.74) is 8.92. The molecule has 8 heteroatoms. The van der Waals surface area contributed by atoms with Crippen LogP contribution in [0.1, 0.15) is 24.4 Å². The zero-order chi connectivity index (χ0) is 19.5. The van der Waals surface area contributed by atoms with Gasteiger partial charge in [0.05, 0.1) is 11.6 Å². The summed E-state index contributed by atoms with van der Waals surface area (Å²) in [6, 6.07) is 11.8. The van der Waals surface area contributed by atoms with Crippen LogP contribution < -0.4 is 5.73 Å². The second-order valence-electron chi connectivity index (χ2n) is 6.54. The summed E-state index contributed by atoms with van der Waals surface area (Å²) in [5, 5.41) is 9.02. The Kier molecular flexibility index (Phi) is 5.03. The SMILES string of the molecule is C=Nc1c(/C(N)=N\C)c(-c2cc(-c3ccccc3)on2)nn1C1CCOCC1. The molecular formula is C20H22N6O2. The van der Waals surface area contributed by atoms with Gasteiger partial charge in [0.1, 0.15) is 17.2 Å². The molecule has 3 aromatic rings. The summed E-state index contributed by atoms with van der Waals surface area (Å²) < 4.78 is 12.9. The molecule has 144 valence electrons. The van der Waals surface area contributed by atoms with Crippen molar-refractivity contribution >= 4 is 18.4 Å². The van der Waals surface area contributed by atoms with Crippen LogP contribution in [0.25, 0.3) is 22.7 Å².